The van der Waals surface area contributed by atoms with Crippen molar-refractivity contribution in [3.8, 4) is 10.4 Å². The highest BCUT2D eigenvalue weighted by molar-refractivity contribution is 7.15. The topological polar surface area (TPSA) is 94.8 Å². The third-order valence-electron chi connectivity index (χ3n) is 5.10. The molecular formula is C23H19N3O5S. The van der Waals surface area contributed by atoms with Crippen molar-refractivity contribution in [3.05, 3.63) is 70.5 Å². The number of carbonyl (C=O) groups is 2. The van der Waals surface area contributed by atoms with Gasteiger partial charge in [0.15, 0.2) is 11.3 Å². The molecule has 1 saturated heterocycles. The van der Waals surface area contributed by atoms with Gasteiger partial charge in [-0.3, -0.25) is 9.69 Å². The Morgan fingerprint density at radius 2 is 1.97 bits per heavy atom. The minimum absolute atomic E-state index is 0.0356. The average molecular weight is 449 g/mol. The van der Waals surface area contributed by atoms with Gasteiger partial charge in [-0.2, -0.15) is 0 Å². The van der Waals surface area contributed by atoms with E-state index in [1.54, 1.807) is 24.3 Å². The summed E-state index contributed by atoms with van der Waals surface area (Å²) in [5, 5.41) is 5.12. The van der Waals surface area contributed by atoms with E-state index in [4.69, 9.17) is 14.0 Å². The molecule has 0 spiro atoms. The first-order valence-corrected chi connectivity index (χ1v) is 10.9. The first kappa shape index (κ1) is 20.3. The highest BCUT2D eigenvalue weighted by Gasteiger charge is 2.37. The number of hydrogen-bond donors (Lipinski definition) is 0. The minimum Gasteiger partial charge on any atom is -0.411 e. The van der Waals surface area contributed by atoms with Crippen LogP contribution < -0.4 is 0 Å². The van der Waals surface area contributed by atoms with Gasteiger partial charge < -0.3 is 14.0 Å². The predicted octanol–water partition coefficient (Wildman–Crippen LogP) is 4.18. The van der Waals surface area contributed by atoms with Crippen LogP contribution in [-0.2, 0) is 9.47 Å². The molecule has 0 N–H and O–H groups in total. The van der Waals surface area contributed by atoms with Gasteiger partial charge >= 0.3 is 5.97 Å². The highest BCUT2D eigenvalue weighted by atomic mass is 32.1. The number of benzene rings is 2. The molecule has 162 valence electrons. The second kappa shape index (κ2) is 8.18. The Balaban J connectivity index is 1.40. The van der Waals surface area contributed by atoms with E-state index in [1.165, 1.54) is 16.2 Å². The summed E-state index contributed by atoms with van der Waals surface area (Å²) in [6.07, 6.45) is -1.17. The number of hydrogen-bond acceptors (Lipinski definition) is 8. The lowest BCUT2D eigenvalue weighted by atomic mass is 10.1. The Hall–Kier alpha value is -3.56. The van der Waals surface area contributed by atoms with Gasteiger partial charge in [-0.15, -0.1) is 11.3 Å². The van der Waals surface area contributed by atoms with Crippen molar-refractivity contribution in [3.63, 3.8) is 0 Å². The second-order valence-electron chi connectivity index (χ2n) is 7.39. The number of aromatic nitrogens is 2. The predicted molar refractivity (Wildman–Crippen MR) is 117 cm³/mol. The van der Waals surface area contributed by atoms with Gasteiger partial charge in [0, 0.05) is 0 Å². The maximum Gasteiger partial charge on any atom is 0.364 e. The lowest BCUT2D eigenvalue weighted by molar-refractivity contribution is -0.128. The zero-order valence-electron chi connectivity index (χ0n) is 17.4. The van der Waals surface area contributed by atoms with E-state index >= 15 is 0 Å². The van der Waals surface area contributed by atoms with E-state index in [1.807, 2.05) is 38.1 Å². The molecule has 1 unspecified atom stereocenters. The summed E-state index contributed by atoms with van der Waals surface area (Å²) in [5.74, 6) is -1.08. The van der Waals surface area contributed by atoms with Crippen LogP contribution in [0.4, 0.5) is 0 Å². The molecule has 0 bridgehead atoms. The molecule has 1 aliphatic heterocycles. The first-order valence-electron chi connectivity index (χ1n) is 10.0. The van der Waals surface area contributed by atoms with E-state index in [0.717, 1.165) is 21.0 Å². The van der Waals surface area contributed by atoms with Crippen LogP contribution in [0.25, 0.3) is 21.4 Å². The summed E-state index contributed by atoms with van der Waals surface area (Å²) in [5.41, 5.74) is 2.83. The molecule has 1 amide bonds. The lowest BCUT2D eigenvalue weighted by Crippen LogP contribution is -2.39. The van der Waals surface area contributed by atoms with Gasteiger partial charge in [-0.1, -0.05) is 47.1 Å². The molecule has 32 heavy (non-hydrogen) atoms. The van der Waals surface area contributed by atoms with Crippen LogP contribution in [0.15, 0.2) is 53.1 Å². The Kier molecular flexibility index (Phi) is 5.20. The molecule has 0 radical (unpaired) electrons. The normalized spacial score (nSPS) is 15.9. The molecule has 1 fully saturated rings. The summed E-state index contributed by atoms with van der Waals surface area (Å²) in [7, 11) is 0. The molecule has 8 nitrogen and oxygen atoms in total. The molecular weight excluding hydrogens is 430 g/mol. The number of para-hydroxylation sites is 1. The van der Waals surface area contributed by atoms with E-state index in [2.05, 4.69) is 10.1 Å². The first-order chi connectivity index (χ1) is 15.5. The third kappa shape index (κ3) is 3.65. The van der Waals surface area contributed by atoms with Crippen LogP contribution in [0.2, 0.25) is 0 Å². The number of carbonyl (C=O) groups excluding carboxylic acids is 2. The highest BCUT2D eigenvalue weighted by Crippen LogP contribution is 2.32. The van der Waals surface area contributed by atoms with Crippen LogP contribution >= 0.6 is 11.3 Å². The summed E-state index contributed by atoms with van der Waals surface area (Å²) in [4.78, 5) is 32.7. The molecule has 0 saturated carbocycles. The fourth-order valence-electron chi connectivity index (χ4n) is 3.61. The smallest absolute Gasteiger partial charge is 0.364 e. The van der Waals surface area contributed by atoms with Crippen molar-refractivity contribution in [1.29, 1.82) is 0 Å². The van der Waals surface area contributed by atoms with Crippen molar-refractivity contribution in [2.24, 2.45) is 0 Å². The average Bonchev–Trinajstić information content (AvgIpc) is 3.51. The Labute approximate surface area is 187 Å². The number of thiazole rings is 1. The van der Waals surface area contributed by atoms with Gasteiger partial charge in [-0.05, 0) is 31.5 Å². The molecule has 2 aromatic heterocycles. The Bertz CT molecular complexity index is 1330. The molecule has 4 aromatic rings. The van der Waals surface area contributed by atoms with E-state index < -0.39 is 12.4 Å². The minimum atomic E-state index is -1.17. The molecule has 5 rings (SSSR count). The quantitative estimate of drug-likeness (QED) is 0.431. The van der Waals surface area contributed by atoms with Gasteiger partial charge in [0.05, 0.1) is 28.4 Å². The number of esters is 1. The van der Waals surface area contributed by atoms with Gasteiger partial charge in [-0.25, -0.2) is 9.78 Å². The summed E-state index contributed by atoms with van der Waals surface area (Å²) in [6.45, 7) is 4.37. The van der Waals surface area contributed by atoms with Gasteiger partial charge in [0.1, 0.15) is 5.69 Å². The number of rotatable bonds is 4. The fourth-order valence-corrected chi connectivity index (χ4v) is 4.52. The van der Waals surface area contributed by atoms with E-state index in [0.29, 0.717) is 16.7 Å². The Morgan fingerprint density at radius 1 is 1.12 bits per heavy atom. The lowest BCUT2D eigenvalue weighted by Gasteiger charge is -2.22. The monoisotopic (exact) mass is 449 g/mol. The van der Waals surface area contributed by atoms with Crippen molar-refractivity contribution in [2.45, 2.75) is 20.3 Å². The zero-order valence-corrected chi connectivity index (χ0v) is 18.2. The van der Waals surface area contributed by atoms with E-state index in [-0.39, 0.29) is 24.8 Å². The second-order valence-corrected chi connectivity index (χ2v) is 8.59. The van der Waals surface area contributed by atoms with Crippen molar-refractivity contribution in [1.82, 2.24) is 15.0 Å². The number of amides is 1. The fraction of sp³-hybridized carbons (Fsp3) is 0.217. The summed E-state index contributed by atoms with van der Waals surface area (Å²) in [6, 6.07) is 14.9. The SMILES string of the molecule is Cc1cccc(-c2sc(C)nc2C(=O)N2CCOC2OC(=O)c2noc3ccccc23)c1. The van der Waals surface area contributed by atoms with Crippen LogP contribution in [0.5, 0.6) is 0 Å². The molecule has 1 atom stereocenters. The number of aryl methyl sites for hydroxylation is 2. The van der Waals surface area contributed by atoms with Crippen molar-refractivity contribution in [2.75, 3.05) is 13.2 Å². The molecule has 3 heterocycles. The summed E-state index contributed by atoms with van der Waals surface area (Å²) >= 11 is 1.45. The third-order valence-corrected chi connectivity index (χ3v) is 6.12. The standard InChI is InChI=1S/C23H19N3O5S/c1-13-6-5-7-15(12-13)20-19(24-14(2)32-20)21(27)26-10-11-29-23(26)30-22(28)18-16-8-3-4-9-17(16)31-25-18/h3-9,12,23H,10-11H2,1-2H3. The maximum absolute atomic E-state index is 13.4. The number of ether oxygens (including phenoxy) is 2. The maximum atomic E-state index is 13.4. The molecule has 0 aliphatic carbocycles. The van der Waals surface area contributed by atoms with Crippen LogP contribution in [0.3, 0.4) is 0 Å². The zero-order chi connectivity index (χ0) is 22.2. The number of nitrogens with zero attached hydrogens (tertiary/aromatic N) is 3. The number of fused-ring (bicyclic) bond motifs is 1. The van der Waals surface area contributed by atoms with Crippen LogP contribution in [0.1, 0.15) is 31.5 Å². The molecule has 9 heteroatoms. The van der Waals surface area contributed by atoms with Gasteiger partial charge in [0.25, 0.3) is 12.3 Å². The van der Waals surface area contributed by atoms with Crippen LogP contribution in [0, 0.1) is 13.8 Å². The van der Waals surface area contributed by atoms with Crippen LogP contribution in [-0.4, -0.2) is 46.5 Å². The Morgan fingerprint density at radius 3 is 2.81 bits per heavy atom. The molecule has 1 aliphatic rings. The summed E-state index contributed by atoms with van der Waals surface area (Å²) < 4.78 is 16.2. The molecule has 2 aromatic carbocycles. The van der Waals surface area contributed by atoms with Crippen molar-refractivity contribution >= 4 is 34.2 Å². The van der Waals surface area contributed by atoms with Crippen molar-refractivity contribution < 1.29 is 23.6 Å². The largest absolute Gasteiger partial charge is 0.411 e. The van der Waals surface area contributed by atoms with E-state index in [9.17, 15) is 9.59 Å². The van der Waals surface area contributed by atoms with Gasteiger partial charge in [0.2, 0.25) is 0 Å².